The molecule has 1 unspecified atom stereocenters. The highest BCUT2D eigenvalue weighted by molar-refractivity contribution is 6.31. The lowest BCUT2D eigenvalue weighted by atomic mass is 10.3. The zero-order valence-electron chi connectivity index (χ0n) is 4.57. The van der Waals surface area contributed by atoms with Crippen LogP contribution in [0.2, 0.25) is 0 Å². The van der Waals surface area contributed by atoms with Crippen LogP contribution in [0.5, 0.6) is 0 Å². The number of nitrogens with one attached hydrogen (secondary N) is 1. The molecule has 4 heteroatoms. The van der Waals surface area contributed by atoms with Crippen LogP contribution in [-0.4, -0.2) is 6.17 Å². The topological polar surface area (TPSA) is 38.0 Å². The van der Waals surface area contributed by atoms with Gasteiger partial charge < -0.3 is 11.1 Å². The van der Waals surface area contributed by atoms with Gasteiger partial charge in [0.05, 0.1) is 11.2 Å². The van der Waals surface area contributed by atoms with Crippen LogP contribution in [0.1, 0.15) is 0 Å². The first-order chi connectivity index (χ1) is 4.20. The Kier molecular flexibility index (Phi) is 1.73. The zero-order valence-corrected chi connectivity index (χ0v) is 5.32. The van der Waals surface area contributed by atoms with Crippen molar-refractivity contribution in [1.29, 1.82) is 0 Å². The third-order valence-corrected chi connectivity index (χ3v) is 1.25. The number of halogens is 2. The van der Waals surface area contributed by atoms with E-state index >= 15 is 0 Å². The molecule has 0 aliphatic carbocycles. The third kappa shape index (κ3) is 1.43. The second-order valence-electron chi connectivity index (χ2n) is 1.70. The van der Waals surface area contributed by atoms with Gasteiger partial charge in [0, 0.05) is 6.20 Å². The van der Waals surface area contributed by atoms with E-state index in [1.54, 1.807) is 0 Å². The van der Waals surface area contributed by atoms with E-state index in [4.69, 9.17) is 17.3 Å². The molecule has 3 N–H and O–H groups in total. The molecule has 0 aromatic carbocycles. The molecule has 2 nitrogen and oxygen atoms in total. The maximum Gasteiger partial charge on any atom is 0.142 e. The predicted octanol–water partition coefficient (Wildman–Crippen LogP) is 0.808. The van der Waals surface area contributed by atoms with E-state index in [9.17, 15) is 4.39 Å². The summed E-state index contributed by atoms with van der Waals surface area (Å²) in [7, 11) is 0. The van der Waals surface area contributed by atoms with E-state index in [-0.39, 0.29) is 5.03 Å². The largest absolute Gasteiger partial charge is 0.371 e. The van der Waals surface area contributed by atoms with Crippen LogP contribution in [0.15, 0.2) is 23.1 Å². The summed E-state index contributed by atoms with van der Waals surface area (Å²) in [4.78, 5) is 0. The molecule has 50 valence electrons. The SMILES string of the molecule is NC1C=C(F)C(Cl)=CN1. The predicted molar refractivity (Wildman–Crippen MR) is 34.2 cm³/mol. The van der Waals surface area contributed by atoms with Crippen LogP contribution < -0.4 is 11.1 Å². The van der Waals surface area contributed by atoms with Gasteiger partial charge in [-0.1, -0.05) is 11.6 Å². The van der Waals surface area contributed by atoms with Gasteiger partial charge in [-0.15, -0.1) is 0 Å². The molecular formula is C5H6ClFN2. The summed E-state index contributed by atoms with van der Waals surface area (Å²) in [6.07, 6.45) is 2.09. The second-order valence-corrected chi connectivity index (χ2v) is 2.11. The van der Waals surface area contributed by atoms with Crippen molar-refractivity contribution in [3.8, 4) is 0 Å². The van der Waals surface area contributed by atoms with Crippen molar-refractivity contribution in [2.24, 2.45) is 5.73 Å². The number of hydrogen-bond donors (Lipinski definition) is 2. The lowest BCUT2D eigenvalue weighted by Gasteiger charge is -2.11. The van der Waals surface area contributed by atoms with E-state index in [0.29, 0.717) is 0 Å². The summed E-state index contributed by atoms with van der Waals surface area (Å²) in [6.45, 7) is 0. The van der Waals surface area contributed by atoms with Crippen LogP contribution in [0, 0.1) is 0 Å². The Hall–Kier alpha value is -0.540. The summed E-state index contributed by atoms with van der Waals surface area (Å²) in [6, 6.07) is 0. The van der Waals surface area contributed by atoms with Crippen molar-refractivity contribution >= 4 is 11.6 Å². The number of rotatable bonds is 0. The molecule has 1 rings (SSSR count). The normalized spacial score (nSPS) is 26.3. The molecule has 0 spiro atoms. The Morgan fingerprint density at radius 2 is 2.44 bits per heavy atom. The minimum absolute atomic E-state index is 0.0664. The van der Waals surface area contributed by atoms with Gasteiger partial charge in [-0.05, 0) is 6.08 Å². The molecule has 0 amide bonds. The summed E-state index contributed by atoms with van der Waals surface area (Å²) in [5.41, 5.74) is 5.26. The zero-order chi connectivity index (χ0) is 6.85. The molecule has 1 aliphatic heterocycles. The maximum absolute atomic E-state index is 12.4. The summed E-state index contributed by atoms with van der Waals surface area (Å²) < 4.78 is 12.4. The first-order valence-corrected chi connectivity index (χ1v) is 2.83. The van der Waals surface area contributed by atoms with Crippen molar-refractivity contribution in [2.75, 3.05) is 0 Å². The minimum Gasteiger partial charge on any atom is -0.371 e. The molecule has 0 fully saturated rings. The molecule has 9 heavy (non-hydrogen) atoms. The van der Waals surface area contributed by atoms with Crippen molar-refractivity contribution < 1.29 is 4.39 Å². The molecule has 1 heterocycles. The molecule has 0 bridgehead atoms. The third-order valence-electron chi connectivity index (χ3n) is 0.957. The van der Waals surface area contributed by atoms with Crippen LogP contribution in [-0.2, 0) is 0 Å². The van der Waals surface area contributed by atoms with Crippen LogP contribution in [0.4, 0.5) is 4.39 Å². The van der Waals surface area contributed by atoms with Gasteiger partial charge in [-0.2, -0.15) is 0 Å². The highest BCUT2D eigenvalue weighted by Gasteiger charge is 2.08. The van der Waals surface area contributed by atoms with Crippen molar-refractivity contribution in [2.45, 2.75) is 6.17 Å². The van der Waals surface area contributed by atoms with E-state index in [1.165, 1.54) is 12.3 Å². The smallest absolute Gasteiger partial charge is 0.142 e. The molecule has 0 radical (unpaired) electrons. The van der Waals surface area contributed by atoms with Crippen LogP contribution >= 0.6 is 11.6 Å². The standard InChI is InChI=1S/C5H6ClFN2/c6-3-2-9-5(8)1-4(3)7/h1-2,5,9H,8H2. The van der Waals surface area contributed by atoms with Gasteiger partial charge in [0.15, 0.2) is 0 Å². The Morgan fingerprint density at radius 3 is 2.89 bits per heavy atom. The molecule has 0 saturated heterocycles. The highest BCUT2D eigenvalue weighted by Crippen LogP contribution is 2.17. The van der Waals surface area contributed by atoms with Gasteiger partial charge in [-0.25, -0.2) is 4.39 Å². The Bertz CT molecular complexity index is 176. The van der Waals surface area contributed by atoms with Gasteiger partial charge in [0.2, 0.25) is 0 Å². The molecular weight excluding hydrogens is 143 g/mol. The van der Waals surface area contributed by atoms with Crippen molar-refractivity contribution in [1.82, 2.24) is 5.32 Å². The number of hydrogen-bond acceptors (Lipinski definition) is 2. The summed E-state index contributed by atoms with van der Waals surface area (Å²) in [5, 5.41) is 2.70. The van der Waals surface area contributed by atoms with Crippen molar-refractivity contribution in [3.05, 3.63) is 23.1 Å². The Morgan fingerprint density at radius 1 is 1.78 bits per heavy atom. The number of nitrogens with two attached hydrogens (primary N) is 1. The molecule has 0 aromatic heterocycles. The fraction of sp³-hybridized carbons (Fsp3) is 0.200. The first kappa shape index (κ1) is 6.58. The second kappa shape index (κ2) is 2.37. The Balaban J connectivity index is 2.75. The van der Waals surface area contributed by atoms with E-state index < -0.39 is 12.0 Å². The van der Waals surface area contributed by atoms with Crippen LogP contribution in [0.25, 0.3) is 0 Å². The highest BCUT2D eigenvalue weighted by atomic mass is 35.5. The quantitative estimate of drug-likeness (QED) is 0.534. The summed E-state index contributed by atoms with van der Waals surface area (Å²) in [5.74, 6) is -0.470. The monoisotopic (exact) mass is 148 g/mol. The lowest BCUT2D eigenvalue weighted by molar-refractivity contribution is 0.612. The molecule has 0 saturated carbocycles. The van der Waals surface area contributed by atoms with Gasteiger partial charge >= 0.3 is 0 Å². The fourth-order valence-corrected chi connectivity index (χ4v) is 0.650. The van der Waals surface area contributed by atoms with Gasteiger partial charge in [-0.3, -0.25) is 0 Å². The maximum atomic E-state index is 12.4. The fourth-order valence-electron chi connectivity index (χ4n) is 0.524. The van der Waals surface area contributed by atoms with Crippen LogP contribution in [0.3, 0.4) is 0 Å². The minimum atomic E-state index is -0.470. The lowest BCUT2D eigenvalue weighted by Crippen LogP contribution is -2.33. The number of dihydropyridines is 1. The molecule has 0 aromatic rings. The van der Waals surface area contributed by atoms with Crippen molar-refractivity contribution in [3.63, 3.8) is 0 Å². The average Bonchev–Trinajstić information content (AvgIpc) is 1.80. The average molecular weight is 149 g/mol. The molecule has 1 atom stereocenters. The van der Waals surface area contributed by atoms with E-state index in [0.717, 1.165) is 0 Å². The van der Waals surface area contributed by atoms with E-state index in [2.05, 4.69) is 5.32 Å². The first-order valence-electron chi connectivity index (χ1n) is 2.45. The number of allylic oxidation sites excluding steroid dienone is 2. The molecule has 1 aliphatic rings. The van der Waals surface area contributed by atoms with Gasteiger partial charge in [0.1, 0.15) is 5.83 Å². The Labute approximate surface area is 57.2 Å². The van der Waals surface area contributed by atoms with E-state index in [1.807, 2.05) is 0 Å². The summed E-state index contributed by atoms with van der Waals surface area (Å²) >= 11 is 5.33. The van der Waals surface area contributed by atoms with Gasteiger partial charge in [0.25, 0.3) is 0 Å².